The second-order valence-electron chi connectivity index (χ2n) is 6.95. The van der Waals surface area contributed by atoms with E-state index in [4.69, 9.17) is 25.7 Å². The van der Waals surface area contributed by atoms with Gasteiger partial charge in [0.1, 0.15) is 5.54 Å². The molecule has 1 rings (SSSR count). The lowest BCUT2D eigenvalue weighted by atomic mass is 9.78. The molecule has 0 aromatic rings. The fraction of sp³-hybridized carbons (Fsp3) is 0.917. The zero-order chi connectivity index (χ0) is 18.8. The number of carbonyl (C=O) groups is 1. The normalized spacial score (nSPS) is 25.8. The maximum atomic E-state index is 12.2. The molecular formula is C12H26BN3O7S. The van der Waals surface area contributed by atoms with E-state index in [2.05, 4.69) is 0 Å². The largest absolute Gasteiger partial charge is 0.480 e. The Kier molecular flexibility index (Phi) is 6.78. The van der Waals surface area contributed by atoms with E-state index in [-0.39, 0.29) is 25.9 Å². The molecule has 1 saturated heterocycles. The van der Waals surface area contributed by atoms with Crippen molar-refractivity contribution in [3.8, 4) is 0 Å². The standard InChI is InChI=1S/C12H26BN3O7S/c1-11(2,14)8-23-24(21,22)16-6-9(4-3-5-13(19)20)12(15,7-16)10(17)18/h9,19-20H,3-8,14-15H2,1-2H3,(H,17,18)/t9-,12-/m0/s1. The van der Waals surface area contributed by atoms with E-state index in [1.165, 1.54) is 0 Å². The minimum Gasteiger partial charge on any atom is -0.480 e. The molecule has 10 nitrogen and oxygen atoms in total. The van der Waals surface area contributed by atoms with Crippen molar-refractivity contribution in [3.63, 3.8) is 0 Å². The van der Waals surface area contributed by atoms with Crippen molar-refractivity contribution in [3.05, 3.63) is 0 Å². The van der Waals surface area contributed by atoms with Crippen LogP contribution in [0.15, 0.2) is 0 Å². The summed E-state index contributed by atoms with van der Waals surface area (Å²) in [6, 6.07) is 0. The summed E-state index contributed by atoms with van der Waals surface area (Å²) in [5, 5.41) is 27.1. The molecule has 0 amide bonds. The maximum absolute atomic E-state index is 12.2. The van der Waals surface area contributed by atoms with Crippen LogP contribution in [0.25, 0.3) is 0 Å². The minimum atomic E-state index is -4.16. The summed E-state index contributed by atoms with van der Waals surface area (Å²) >= 11 is 0. The molecule has 1 aliphatic rings. The first-order chi connectivity index (χ1) is 10.8. The van der Waals surface area contributed by atoms with Crippen LogP contribution >= 0.6 is 0 Å². The van der Waals surface area contributed by atoms with Crippen LogP contribution in [0.3, 0.4) is 0 Å². The number of aliphatic carboxylic acids is 1. The summed E-state index contributed by atoms with van der Waals surface area (Å²) in [4.78, 5) is 11.5. The van der Waals surface area contributed by atoms with Gasteiger partial charge in [-0.3, -0.25) is 8.98 Å². The lowest BCUT2D eigenvalue weighted by Gasteiger charge is -2.25. The number of rotatable bonds is 9. The number of carboxylic acid groups (broad SMARTS) is 1. The summed E-state index contributed by atoms with van der Waals surface area (Å²) in [6.07, 6.45) is 0.602. The van der Waals surface area contributed by atoms with E-state index < -0.39 is 46.9 Å². The maximum Gasteiger partial charge on any atom is 0.451 e. The van der Waals surface area contributed by atoms with Crippen molar-refractivity contribution < 1.29 is 32.5 Å². The number of nitrogens with two attached hydrogens (primary N) is 2. The van der Waals surface area contributed by atoms with Crippen LogP contribution in [0.1, 0.15) is 26.7 Å². The predicted molar refractivity (Wildman–Crippen MR) is 87.0 cm³/mol. The molecule has 0 aromatic carbocycles. The van der Waals surface area contributed by atoms with Crippen LogP contribution in [0.5, 0.6) is 0 Å². The number of nitrogens with zero attached hydrogens (tertiary/aromatic N) is 1. The molecule has 0 spiro atoms. The average molecular weight is 367 g/mol. The van der Waals surface area contributed by atoms with Gasteiger partial charge in [-0.25, -0.2) is 0 Å². The SMILES string of the molecule is CC(C)(N)COS(=O)(=O)N1C[C@H](CCCB(O)O)[C@](N)(C(=O)O)C1. The van der Waals surface area contributed by atoms with Gasteiger partial charge < -0.3 is 26.6 Å². The summed E-state index contributed by atoms with van der Waals surface area (Å²) in [6.45, 7) is 2.41. The highest BCUT2D eigenvalue weighted by Gasteiger charge is 2.52. The van der Waals surface area contributed by atoms with Gasteiger partial charge in [0.25, 0.3) is 0 Å². The monoisotopic (exact) mass is 367 g/mol. The van der Waals surface area contributed by atoms with Crippen LogP contribution in [-0.2, 0) is 19.3 Å². The van der Waals surface area contributed by atoms with E-state index in [0.29, 0.717) is 6.42 Å². The zero-order valence-electron chi connectivity index (χ0n) is 13.9. The summed E-state index contributed by atoms with van der Waals surface area (Å²) in [5.41, 5.74) is 8.99. The molecule has 1 aliphatic heterocycles. The third kappa shape index (κ3) is 5.65. The van der Waals surface area contributed by atoms with Gasteiger partial charge in [0, 0.05) is 24.5 Å². The van der Waals surface area contributed by atoms with E-state index in [9.17, 15) is 18.3 Å². The first kappa shape index (κ1) is 21.3. The first-order valence-corrected chi connectivity index (χ1v) is 8.96. The Morgan fingerprint density at radius 3 is 2.50 bits per heavy atom. The molecule has 0 saturated carbocycles. The quantitative estimate of drug-likeness (QED) is 0.287. The van der Waals surface area contributed by atoms with E-state index in [0.717, 1.165) is 4.31 Å². The zero-order valence-corrected chi connectivity index (χ0v) is 14.7. The van der Waals surface area contributed by atoms with E-state index in [1.54, 1.807) is 13.8 Å². The van der Waals surface area contributed by atoms with E-state index >= 15 is 0 Å². The third-order valence-electron chi connectivity index (χ3n) is 3.90. The molecule has 2 atom stereocenters. The third-order valence-corrected chi connectivity index (χ3v) is 5.23. The van der Waals surface area contributed by atoms with Gasteiger partial charge >= 0.3 is 23.4 Å². The van der Waals surface area contributed by atoms with Gasteiger partial charge in [0.15, 0.2) is 0 Å². The van der Waals surface area contributed by atoms with Gasteiger partial charge in [-0.15, -0.1) is 0 Å². The summed E-state index contributed by atoms with van der Waals surface area (Å²) in [5.74, 6) is -1.98. The molecule has 0 aliphatic carbocycles. The van der Waals surface area contributed by atoms with Crippen molar-refractivity contribution in [1.82, 2.24) is 4.31 Å². The van der Waals surface area contributed by atoms with Crippen molar-refractivity contribution in [1.29, 1.82) is 0 Å². The van der Waals surface area contributed by atoms with Crippen LogP contribution in [0, 0.1) is 5.92 Å². The van der Waals surface area contributed by atoms with E-state index in [1.807, 2.05) is 0 Å². The Morgan fingerprint density at radius 1 is 1.46 bits per heavy atom. The number of hydrogen-bond donors (Lipinski definition) is 5. The molecule has 0 radical (unpaired) electrons. The Hall–Kier alpha value is -0.755. The van der Waals surface area contributed by atoms with Crippen molar-refractivity contribution in [2.75, 3.05) is 19.7 Å². The van der Waals surface area contributed by atoms with Gasteiger partial charge in [0.05, 0.1) is 6.61 Å². The van der Waals surface area contributed by atoms with Gasteiger partial charge in [-0.05, 0) is 26.6 Å². The van der Waals surface area contributed by atoms with Crippen molar-refractivity contribution in [2.45, 2.75) is 44.1 Å². The molecule has 24 heavy (non-hydrogen) atoms. The van der Waals surface area contributed by atoms with Gasteiger partial charge in [0.2, 0.25) is 0 Å². The molecule has 140 valence electrons. The van der Waals surface area contributed by atoms with Crippen LogP contribution in [0.4, 0.5) is 0 Å². The summed E-state index contributed by atoms with van der Waals surface area (Å²) < 4.78 is 30.3. The fourth-order valence-electron chi connectivity index (χ4n) is 2.50. The Morgan fingerprint density at radius 2 is 2.04 bits per heavy atom. The molecular weight excluding hydrogens is 341 g/mol. The highest BCUT2D eigenvalue weighted by atomic mass is 32.2. The molecule has 7 N–H and O–H groups in total. The van der Waals surface area contributed by atoms with Gasteiger partial charge in [-0.2, -0.15) is 12.7 Å². The highest BCUT2D eigenvalue weighted by molar-refractivity contribution is 7.84. The first-order valence-electron chi connectivity index (χ1n) is 7.60. The molecule has 1 fully saturated rings. The molecule has 0 aromatic heterocycles. The highest BCUT2D eigenvalue weighted by Crippen LogP contribution is 2.32. The van der Waals surface area contributed by atoms with Crippen LogP contribution in [-0.4, -0.2) is 71.7 Å². The second-order valence-corrected chi connectivity index (χ2v) is 8.56. The Labute approximate surface area is 142 Å². The number of hydrogen-bond acceptors (Lipinski definition) is 8. The molecule has 0 unspecified atom stereocenters. The second kappa shape index (κ2) is 7.64. The van der Waals surface area contributed by atoms with Crippen LogP contribution in [0.2, 0.25) is 6.32 Å². The molecule has 12 heteroatoms. The predicted octanol–water partition coefficient (Wildman–Crippen LogP) is -2.05. The molecule has 0 bridgehead atoms. The smallest absolute Gasteiger partial charge is 0.451 e. The topological polar surface area (TPSA) is 176 Å². The van der Waals surface area contributed by atoms with Crippen molar-refractivity contribution >= 4 is 23.4 Å². The Bertz CT molecular complexity index is 551. The van der Waals surface area contributed by atoms with Crippen LogP contribution < -0.4 is 11.5 Å². The number of carboxylic acids is 1. The van der Waals surface area contributed by atoms with Gasteiger partial charge in [-0.1, -0.05) is 6.42 Å². The fourth-order valence-corrected chi connectivity index (χ4v) is 3.84. The Balaban J connectivity index is 2.83. The lowest BCUT2D eigenvalue weighted by molar-refractivity contribution is -0.144. The average Bonchev–Trinajstić information content (AvgIpc) is 2.75. The summed E-state index contributed by atoms with van der Waals surface area (Å²) in [7, 11) is -5.66. The lowest BCUT2D eigenvalue weighted by Crippen LogP contribution is -2.55. The molecule has 1 heterocycles. The van der Waals surface area contributed by atoms with Crippen molar-refractivity contribution in [2.24, 2.45) is 17.4 Å². The minimum absolute atomic E-state index is 0.0524.